The molecule has 0 spiro atoms. The second kappa shape index (κ2) is 4.77. The van der Waals surface area contributed by atoms with Crippen molar-refractivity contribution in [2.24, 2.45) is 0 Å². The molecule has 0 aromatic heterocycles. The van der Waals surface area contributed by atoms with Gasteiger partial charge in [0, 0.05) is 0 Å². The van der Waals surface area contributed by atoms with E-state index < -0.39 is 9.84 Å². The Balaban J connectivity index is 3.20. The fourth-order valence-electron chi connectivity index (χ4n) is 1.45. The van der Waals surface area contributed by atoms with Crippen LogP contribution in [0.4, 0.5) is 0 Å². The summed E-state index contributed by atoms with van der Waals surface area (Å²) in [5.74, 6) is -0.209. The minimum absolute atomic E-state index is 0.209. The van der Waals surface area contributed by atoms with Crippen LogP contribution in [0.25, 0.3) is 0 Å². The fraction of sp³-hybridized carbons (Fsp3) is 0.455. The third-order valence-electron chi connectivity index (χ3n) is 2.24. The van der Waals surface area contributed by atoms with E-state index in [2.05, 4.69) is 0 Å². The highest BCUT2D eigenvalue weighted by Crippen LogP contribution is 2.16. The van der Waals surface area contributed by atoms with Crippen LogP contribution in [0.3, 0.4) is 0 Å². The first-order chi connectivity index (χ1) is 6.99. The Morgan fingerprint density at radius 3 is 2.47 bits per heavy atom. The molecular formula is C11H16O3S. The van der Waals surface area contributed by atoms with E-state index in [1.165, 1.54) is 0 Å². The van der Waals surface area contributed by atoms with Crippen molar-refractivity contribution in [2.45, 2.75) is 25.2 Å². The second-order valence-corrected chi connectivity index (χ2v) is 5.66. The Morgan fingerprint density at radius 2 is 1.93 bits per heavy atom. The molecule has 0 aliphatic rings. The van der Waals surface area contributed by atoms with Gasteiger partial charge in [-0.05, 0) is 36.6 Å². The predicted molar refractivity (Wildman–Crippen MR) is 59.7 cm³/mol. The summed E-state index contributed by atoms with van der Waals surface area (Å²) in [6, 6.07) is 5.29. The summed E-state index contributed by atoms with van der Waals surface area (Å²) in [5, 5.41) is 8.68. The molecule has 0 saturated carbocycles. The minimum atomic E-state index is -3.32. The van der Waals surface area contributed by atoms with Gasteiger partial charge >= 0.3 is 0 Å². The maximum atomic E-state index is 11.7. The zero-order valence-corrected chi connectivity index (χ0v) is 9.84. The van der Waals surface area contributed by atoms with E-state index in [0.717, 1.165) is 17.5 Å². The smallest absolute Gasteiger partial charge is 0.180 e. The van der Waals surface area contributed by atoms with Crippen LogP contribution in [-0.4, -0.2) is 25.9 Å². The quantitative estimate of drug-likeness (QED) is 0.845. The van der Waals surface area contributed by atoms with E-state index in [-0.39, 0.29) is 12.4 Å². The monoisotopic (exact) mass is 228 g/mol. The van der Waals surface area contributed by atoms with Crippen molar-refractivity contribution in [3.05, 3.63) is 29.3 Å². The lowest BCUT2D eigenvalue weighted by Crippen LogP contribution is -2.10. The molecule has 0 heterocycles. The zero-order chi connectivity index (χ0) is 11.5. The SMILES string of the molecule is CCc1cc(C)cc(S(=O)(=O)CCO)c1. The van der Waals surface area contributed by atoms with Crippen molar-refractivity contribution in [1.29, 1.82) is 0 Å². The first-order valence-corrected chi connectivity index (χ1v) is 6.59. The maximum Gasteiger partial charge on any atom is 0.180 e. The van der Waals surface area contributed by atoms with Crippen LogP contribution in [-0.2, 0) is 16.3 Å². The van der Waals surface area contributed by atoms with E-state index >= 15 is 0 Å². The number of rotatable bonds is 4. The van der Waals surface area contributed by atoms with Gasteiger partial charge in [-0.3, -0.25) is 0 Å². The molecule has 1 rings (SSSR count). The fourth-order valence-corrected chi connectivity index (χ4v) is 2.62. The lowest BCUT2D eigenvalue weighted by Gasteiger charge is -2.06. The van der Waals surface area contributed by atoms with Gasteiger partial charge in [0.15, 0.2) is 9.84 Å². The average Bonchev–Trinajstić information content (AvgIpc) is 2.16. The zero-order valence-electron chi connectivity index (χ0n) is 9.03. The molecule has 1 aromatic rings. The number of aryl methyl sites for hydroxylation is 2. The molecule has 0 amide bonds. The highest BCUT2D eigenvalue weighted by molar-refractivity contribution is 7.91. The van der Waals surface area contributed by atoms with Crippen LogP contribution in [0.1, 0.15) is 18.1 Å². The molecule has 0 aliphatic carbocycles. The Morgan fingerprint density at radius 1 is 1.27 bits per heavy atom. The van der Waals surface area contributed by atoms with Crippen LogP contribution in [0.5, 0.6) is 0 Å². The van der Waals surface area contributed by atoms with Crippen molar-refractivity contribution < 1.29 is 13.5 Å². The maximum absolute atomic E-state index is 11.7. The summed E-state index contributed by atoms with van der Waals surface area (Å²) in [4.78, 5) is 0.313. The van der Waals surface area contributed by atoms with Crippen LogP contribution >= 0.6 is 0 Å². The van der Waals surface area contributed by atoms with Crippen molar-refractivity contribution in [2.75, 3.05) is 12.4 Å². The number of sulfone groups is 1. The molecule has 0 radical (unpaired) electrons. The van der Waals surface area contributed by atoms with Gasteiger partial charge in [0.05, 0.1) is 17.3 Å². The standard InChI is InChI=1S/C11H16O3S/c1-3-10-6-9(2)7-11(8-10)15(13,14)5-4-12/h6-8,12H,3-5H2,1-2H3. The number of aliphatic hydroxyl groups is 1. The van der Waals surface area contributed by atoms with E-state index in [9.17, 15) is 8.42 Å². The van der Waals surface area contributed by atoms with Gasteiger partial charge in [-0.1, -0.05) is 13.0 Å². The Hall–Kier alpha value is -0.870. The molecule has 84 valence electrons. The van der Waals surface area contributed by atoms with E-state index in [1.54, 1.807) is 12.1 Å². The summed E-state index contributed by atoms with van der Waals surface area (Å²) < 4.78 is 23.4. The lowest BCUT2D eigenvalue weighted by molar-refractivity contribution is 0.319. The molecule has 4 heteroatoms. The minimum Gasteiger partial charge on any atom is -0.395 e. The van der Waals surface area contributed by atoms with Crippen molar-refractivity contribution in [3.63, 3.8) is 0 Å². The molecule has 0 bridgehead atoms. The van der Waals surface area contributed by atoms with Crippen LogP contribution in [0.15, 0.2) is 23.1 Å². The molecule has 15 heavy (non-hydrogen) atoms. The van der Waals surface area contributed by atoms with Gasteiger partial charge in [-0.2, -0.15) is 0 Å². The topological polar surface area (TPSA) is 54.4 Å². The third-order valence-corrected chi connectivity index (χ3v) is 3.91. The summed E-state index contributed by atoms with van der Waals surface area (Å²) in [6.07, 6.45) is 0.809. The summed E-state index contributed by atoms with van der Waals surface area (Å²) in [5.41, 5.74) is 1.94. The molecule has 0 saturated heterocycles. The van der Waals surface area contributed by atoms with Gasteiger partial charge in [0.25, 0.3) is 0 Å². The third kappa shape index (κ3) is 3.04. The van der Waals surface area contributed by atoms with Crippen LogP contribution in [0.2, 0.25) is 0 Å². The highest BCUT2D eigenvalue weighted by Gasteiger charge is 2.14. The summed E-state index contributed by atoms with van der Waals surface area (Å²) in [6.45, 7) is 3.52. The van der Waals surface area contributed by atoms with Gasteiger partial charge in [0.2, 0.25) is 0 Å². The lowest BCUT2D eigenvalue weighted by atomic mass is 10.1. The first kappa shape index (κ1) is 12.2. The normalized spacial score (nSPS) is 11.7. The number of hydrogen-bond donors (Lipinski definition) is 1. The molecule has 1 aromatic carbocycles. The van der Waals surface area contributed by atoms with Crippen molar-refractivity contribution in [3.8, 4) is 0 Å². The Kier molecular flexibility index (Phi) is 3.88. The molecule has 1 N–H and O–H groups in total. The van der Waals surface area contributed by atoms with Gasteiger partial charge < -0.3 is 5.11 Å². The van der Waals surface area contributed by atoms with Gasteiger partial charge in [-0.15, -0.1) is 0 Å². The van der Waals surface area contributed by atoms with Crippen molar-refractivity contribution in [1.82, 2.24) is 0 Å². The Bertz CT molecular complexity index is 435. The van der Waals surface area contributed by atoms with Gasteiger partial charge in [0.1, 0.15) is 0 Å². The number of aliphatic hydroxyl groups excluding tert-OH is 1. The van der Waals surface area contributed by atoms with E-state index in [1.807, 2.05) is 19.9 Å². The molecule has 0 unspecified atom stereocenters. The largest absolute Gasteiger partial charge is 0.395 e. The molecule has 0 atom stereocenters. The molecule has 3 nitrogen and oxygen atoms in total. The summed E-state index contributed by atoms with van der Waals surface area (Å²) in [7, 11) is -3.32. The van der Waals surface area contributed by atoms with E-state index in [4.69, 9.17) is 5.11 Å². The molecular weight excluding hydrogens is 212 g/mol. The van der Waals surface area contributed by atoms with Crippen molar-refractivity contribution >= 4 is 9.84 Å². The average molecular weight is 228 g/mol. The number of benzene rings is 1. The van der Waals surface area contributed by atoms with Crippen LogP contribution in [0, 0.1) is 6.92 Å². The molecule has 0 fully saturated rings. The van der Waals surface area contributed by atoms with E-state index in [0.29, 0.717) is 4.90 Å². The van der Waals surface area contributed by atoms with Gasteiger partial charge in [-0.25, -0.2) is 8.42 Å². The predicted octanol–water partition coefficient (Wildman–Crippen LogP) is 1.32. The summed E-state index contributed by atoms with van der Waals surface area (Å²) >= 11 is 0. The molecule has 0 aliphatic heterocycles. The second-order valence-electron chi connectivity index (χ2n) is 3.55. The highest BCUT2D eigenvalue weighted by atomic mass is 32.2. The Labute approximate surface area is 90.7 Å². The van der Waals surface area contributed by atoms with Crippen LogP contribution < -0.4 is 0 Å². The first-order valence-electron chi connectivity index (χ1n) is 4.94. The number of hydrogen-bond acceptors (Lipinski definition) is 3.